The van der Waals surface area contributed by atoms with Crippen LogP contribution in [-0.4, -0.2) is 22.5 Å². The van der Waals surface area contributed by atoms with E-state index in [1.807, 2.05) is 0 Å². The number of isocyanates is 1. The van der Waals surface area contributed by atoms with Gasteiger partial charge >= 0.3 is 0 Å². The van der Waals surface area contributed by atoms with Crippen molar-refractivity contribution in [1.29, 1.82) is 0 Å². The summed E-state index contributed by atoms with van der Waals surface area (Å²) >= 11 is 0. The average molecular weight is 87.2 g/mol. The van der Waals surface area contributed by atoms with Gasteiger partial charge in [0.05, 0.1) is 0 Å². The molecule has 0 radical (unpaired) electrons. The standard InChI is InChI=1S/C2H5NOSi/c4-1-3-2-5/h2H2,5H3. The van der Waals surface area contributed by atoms with Crippen LogP contribution in [0.5, 0.6) is 0 Å². The molecule has 0 aliphatic carbocycles. The summed E-state index contributed by atoms with van der Waals surface area (Å²) in [5, 5.41) is 0. The highest BCUT2D eigenvalue weighted by Gasteiger charge is 1.52. The number of rotatable bonds is 1. The lowest BCUT2D eigenvalue weighted by molar-refractivity contribution is 0.564. The summed E-state index contributed by atoms with van der Waals surface area (Å²) in [5.74, 6) is 0. The first-order valence-electron chi connectivity index (χ1n) is 1.45. The average Bonchev–Trinajstić information content (AvgIpc) is 1.41. The van der Waals surface area contributed by atoms with Crippen LogP contribution >= 0.6 is 0 Å². The molecule has 0 saturated carbocycles. The molecule has 0 rings (SSSR count). The SMILES string of the molecule is O=C=NC[SiH3]. The third kappa shape index (κ3) is 3.60. The van der Waals surface area contributed by atoms with Gasteiger partial charge in [-0.15, -0.1) is 0 Å². The van der Waals surface area contributed by atoms with E-state index in [4.69, 9.17) is 4.79 Å². The minimum Gasteiger partial charge on any atom is -0.211 e. The van der Waals surface area contributed by atoms with Gasteiger partial charge < -0.3 is 0 Å². The molecule has 0 spiro atoms. The fourth-order valence-corrected chi connectivity index (χ4v) is 0.194. The Kier molecular flexibility index (Phi) is 3.31. The molecule has 28 valence electrons. The lowest BCUT2D eigenvalue weighted by atomic mass is 11.4. The van der Waals surface area contributed by atoms with Crippen molar-refractivity contribution in [2.45, 2.75) is 0 Å². The van der Waals surface area contributed by atoms with Gasteiger partial charge in [0.1, 0.15) is 0 Å². The van der Waals surface area contributed by atoms with Crippen molar-refractivity contribution in [3.63, 3.8) is 0 Å². The molecule has 0 amide bonds. The Morgan fingerprint density at radius 1 is 2.00 bits per heavy atom. The summed E-state index contributed by atoms with van der Waals surface area (Å²) < 4.78 is 0. The Balaban J connectivity index is 2.93. The maximum atomic E-state index is 9.14. The van der Waals surface area contributed by atoms with Crippen molar-refractivity contribution in [3.05, 3.63) is 0 Å². The normalized spacial score (nSPS) is 6.40. The van der Waals surface area contributed by atoms with Crippen LogP contribution in [0.1, 0.15) is 0 Å². The Labute approximate surface area is 33.3 Å². The fraction of sp³-hybridized carbons (Fsp3) is 0.500. The molecule has 0 N–H and O–H groups in total. The summed E-state index contributed by atoms with van der Waals surface area (Å²) in [5.41, 5.74) is 0. The monoisotopic (exact) mass is 87.0 g/mol. The molecule has 0 bridgehead atoms. The molecule has 2 nitrogen and oxygen atoms in total. The number of hydrogen-bond acceptors (Lipinski definition) is 2. The van der Waals surface area contributed by atoms with Crippen molar-refractivity contribution >= 4 is 16.3 Å². The lowest BCUT2D eigenvalue weighted by Gasteiger charge is -1.57. The lowest BCUT2D eigenvalue weighted by Crippen LogP contribution is -1.68. The van der Waals surface area contributed by atoms with Gasteiger partial charge in [-0.05, 0) is 0 Å². The van der Waals surface area contributed by atoms with Crippen LogP contribution < -0.4 is 0 Å². The third-order valence-electron chi connectivity index (χ3n) is 0.223. The van der Waals surface area contributed by atoms with E-state index in [1.165, 1.54) is 6.08 Å². The van der Waals surface area contributed by atoms with Gasteiger partial charge in [-0.3, -0.25) is 0 Å². The molecule has 0 aliphatic heterocycles. The largest absolute Gasteiger partial charge is 0.234 e. The van der Waals surface area contributed by atoms with E-state index in [1.54, 1.807) is 0 Å². The van der Waals surface area contributed by atoms with Gasteiger partial charge in [-0.2, -0.15) is 0 Å². The smallest absolute Gasteiger partial charge is 0.211 e. The molecule has 0 aliphatic rings. The molecular weight excluding hydrogens is 82.1 g/mol. The third-order valence-corrected chi connectivity index (χ3v) is 0.539. The van der Waals surface area contributed by atoms with Crippen molar-refractivity contribution in [2.24, 2.45) is 4.99 Å². The van der Waals surface area contributed by atoms with Gasteiger partial charge in [0.2, 0.25) is 6.08 Å². The second-order valence-electron chi connectivity index (χ2n) is 0.566. The first-order chi connectivity index (χ1) is 2.41. The highest BCUT2D eigenvalue weighted by atomic mass is 28.1. The van der Waals surface area contributed by atoms with Gasteiger partial charge in [-0.25, -0.2) is 9.79 Å². The first kappa shape index (κ1) is 4.60. The molecule has 0 aromatic rings. The zero-order valence-electron chi connectivity index (χ0n) is 3.06. The summed E-state index contributed by atoms with van der Waals surface area (Å²) in [4.78, 5) is 12.4. The van der Waals surface area contributed by atoms with E-state index in [0.29, 0.717) is 6.17 Å². The molecule has 0 aromatic carbocycles. The number of carbonyl (C=O) groups excluding carboxylic acids is 1. The Morgan fingerprint density at radius 2 is 2.60 bits per heavy atom. The van der Waals surface area contributed by atoms with Crippen LogP contribution in [0.25, 0.3) is 0 Å². The molecule has 0 aromatic heterocycles. The van der Waals surface area contributed by atoms with E-state index in [-0.39, 0.29) is 0 Å². The van der Waals surface area contributed by atoms with Crippen LogP contribution in [-0.2, 0) is 4.79 Å². The van der Waals surface area contributed by atoms with Crippen LogP contribution in [0.4, 0.5) is 0 Å². The molecule has 5 heavy (non-hydrogen) atoms. The number of hydrogen-bond donors (Lipinski definition) is 0. The summed E-state index contributed by atoms with van der Waals surface area (Å²) in [6, 6.07) is 0. The quantitative estimate of drug-likeness (QED) is 0.221. The van der Waals surface area contributed by atoms with E-state index in [9.17, 15) is 0 Å². The summed E-state index contributed by atoms with van der Waals surface area (Å²) in [6.07, 6.45) is 2.11. The van der Waals surface area contributed by atoms with E-state index < -0.39 is 0 Å². The molecule has 0 heterocycles. The predicted molar refractivity (Wildman–Crippen MR) is 22.9 cm³/mol. The second kappa shape index (κ2) is 3.60. The molecule has 0 fully saturated rings. The van der Waals surface area contributed by atoms with Crippen molar-refractivity contribution in [2.75, 3.05) is 6.17 Å². The molecular formula is C2H5NOSi. The number of aliphatic imine (C=N–C) groups is 1. The van der Waals surface area contributed by atoms with Crippen molar-refractivity contribution < 1.29 is 4.79 Å². The Hall–Kier alpha value is -0.403. The summed E-state index contributed by atoms with van der Waals surface area (Å²) in [7, 11) is 0.970. The molecule has 0 unspecified atom stereocenters. The Bertz CT molecular complexity index is 56.7. The molecule has 0 atom stereocenters. The van der Waals surface area contributed by atoms with Crippen LogP contribution in [0.3, 0.4) is 0 Å². The van der Waals surface area contributed by atoms with E-state index in [0.717, 1.165) is 10.2 Å². The minimum absolute atomic E-state index is 0.684. The van der Waals surface area contributed by atoms with Crippen LogP contribution in [0, 0.1) is 0 Å². The van der Waals surface area contributed by atoms with Crippen molar-refractivity contribution in [3.8, 4) is 0 Å². The fourth-order valence-electron chi connectivity index (χ4n) is 0.0645. The van der Waals surface area contributed by atoms with Gasteiger partial charge in [0.15, 0.2) is 0 Å². The van der Waals surface area contributed by atoms with Gasteiger partial charge in [0.25, 0.3) is 0 Å². The van der Waals surface area contributed by atoms with E-state index in [2.05, 4.69) is 4.99 Å². The summed E-state index contributed by atoms with van der Waals surface area (Å²) in [6.45, 7) is 0. The number of nitrogens with zero attached hydrogens (tertiary/aromatic N) is 1. The molecule has 0 saturated heterocycles. The highest BCUT2D eigenvalue weighted by molar-refractivity contribution is 6.09. The van der Waals surface area contributed by atoms with Gasteiger partial charge in [0, 0.05) is 16.4 Å². The van der Waals surface area contributed by atoms with Crippen molar-refractivity contribution in [1.82, 2.24) is 0 Å². The topological polar surface area (TPSA) is 29.4 Å². The first-order valence-corrected chi connectivity index (χ1v) is 2.87. The minimum atomic E-state index is 0.684. The van der Waals surface area contributed by atoms with Gasteiger partial charge in [-0.1, -0.05) is 0 Å². The zero-order valence-corrected chi connectivity index (χ0v) is 5.06. The maximum absolute atomic E-state index is 9.14. The predicted octanol–water partition coefficient (Wildman–Crippen LogP) is -1.35. The molecule has 3 heteroatoms. The maximum Gasteiger partial charge on any atom is 0.234 e. The zero-order chi connectivity index (χ0) is 4.12. The van der Waals surface area contributed by atoms with Crippen LogP contribution in [0.15, 0.2) is 4.99 Å². The van der Waals surface area contributed by atoms with E-state index >= 15 is 0 Å². The second-order valence-corrected chi connectivity index (χ2v) is 1.20. The Morgan fingerprint density at radius 3 is 2.60 bits per heavy atom. The highest BCUT2D eigenvalue weighted by Crippen LogP contribution is 1.45. The van der Waals surface area contributed by atoms with Crippen LogP contribution in [0.2, 0.25) is 0 Å².